The molecule has 152 valence electrons. The molecule has 1 aliphatic heterocycles. The molecule has 1 fully saturated rings. The van der Waals surface area contributed by atoms with Gasteiger partial charge in [-0.25, -0.2) is 9.78 Å². The van der Waals surface area contributed by atoms with Crippen LogP contribution < -0.4 is 11.2 Å². The van der Waals surface area contributed by atoms with E-state index in [1.54, 1.807) is 11.6 Å². The summed E-state index contributed by atoms with van der Waals surface area (Å²) in [5.41, 5.74) is 0.729. The third-order valence-corrected chi connectivity index (χ3v) is 5.61. The summed E-state index contributed by atoms with van der Waals surface area (Å²) in [5.74, 6) is -0.0813. The number of fused-ring (bicyclic) bond motifs is 1. The van der Waals surface area contributed by atoms with E-state index in [0.717, 1.165) is 23.2 Å². The molecule has 1 aromatic carbocycles. The number of amides is 1. The fourth-order valence-corrected chi connectivity index (χ4v) is 3.93. The lowest BCUT2D eigenvalue weighted by Gasteiger charge is -2.40. The zero-order valence-corrected chi connectivity index (χ0v) is 16.8. The Bertz CT molecular complexity index is 1180. The maximum absolute atomic E-state index is 13.2. The van der Waals surface area contributed by atoms with Gasteiger partial charge in [-0.1, -0.05) is 30.3 Å². The lowest BCUT2D eigenvalue weighted by atomic mass is 10.0. The summed E-state index contributed by atoms with van der Waals surface area (Å²) < 4.78 is 3.90. The van der Waals surface area contributed by atoms with Crippen molar-refractivity contribution >= 4 is 17.1 Å². The Morgan fingerprint density at radius 2 is 1.79 bits per heavy atom. The minimum absolute atomic E-state index is 0.00298. The summed E-state index contributed by atoms with van der Waals surface area (Å²) in [6.45, 7) is 2.14. The van der Waals surface area contributed by atoms with Crippen molar-refractivity contribution in [1.82, 2.24) is 28.5 Å². The maximum atomic E-state index is 13.2. The Balaban J connectivity index is 1.69. The fraction of sp³-hybridized carbons (Fsp3) is 0.400. The van der Waals surface area contributed by atoms with Crippen LogP contribution >= 0.6 is 0 Å². The number of nitrogens with zero attached hydrogens (tertiary/aromatic N) is 6. The van der Waals surface area contributed by atoms with Crippen molar-refractivity contribution < 1.29 is 4.79 Å². The Morgan fingerprint density at radius 1 is 1.07 bits per heavy atom. The van der Waals surface area contributed by atoms with Gasteiger partial charge in [0.05, 0.1) is 12.4 Å². The normalized spacial score (nSPS) is 17.8. The summed E-state index contributed by atoms with van der Waals surface area (Å²) in [6.07, 6.45) is 1.46. The first kappa shape index (κ1) is 19.1. The third-order valence-electron chi connectivity index (χ3n) is 5.61. The monoisotopic (exact) mass is 396 g/mol. The minimum atomic E-state index is -0.452. The van der Waals surface area contributed by atoms with E-state index in [1.807, 2.05) is 42.3 Å². The van der Waals surface area contributed by atoms with Crippen molar-refractivity contribution in [1.29, 1.82) is 0 Å². The van der Waals surface area contributed by atoms with Crippen molar-refractivity contribution in [2.75, 3.05) is 26.7 Å². The molecule has 0 bridgehead atoms. The van der Waals surface area contributed by atoms with Gasteiger partial charge in [0, 0.05) is 33.7 Å². The van der Waals surface area contributed by atoms with Crippen molar-refractivity contribution in [3.8, 4) is 0 Å². The number of likely N-dealkylation sites (N-methyl/N-ethyl adjacent to an activating group) is 1. The highest BCUT2D eigenvalue weighted by atomic mass is 16.2. The van der Waals surface area contributed by atoms with Gasteiger partial charge in [0.15, 0.2) is 11.2 Å². The van der Waals surface area contributed by atoms with Gasteiger partial charge in [0.1, 0.15) is 6.54 Å². The quantitative estimate of drug-likeness (QED) is 0.620. The van der Waals surface area contributed by atoms with Gasteiger partial charge in [-0.15, -0.1) is 0 Å². The molecule has 1 amide bonds. The summed E-state index contributed by atoms with van der Waals surface area (Å²) in [5, 5.41) is 0. The smallest absolute Gasteiger partial charge is 0.332 e. The van der Waals surface area contributed by atoms with Gasteiger partial charge < -0.3 is 14.4 Å². The highest BCUT2D eigenvalue weighted by molar-refractivity contribution is 5.79. The van der Waals surface area contributed by atoms with Crippen molar-refractivity contribution in [2.45, 2.75) is 12.6 Å². The second-order valence-corrected chi connectivity index (χ2v) is 7.53. The molecule has 1 aliphatic rings. The molecule has 1 saturated heterocycles. The second-order valence-electron chi connectivity index (χ2n) is 7.53. The van der Waals surface area contributed by atoms with Gasteiger partial charge in [-0.05, 0) is 12.6 Å². The molecule has 4 rings (SSSR count). The molecule has 9 nitrogen and oxygen atoms in total. The number of hydrogen-bond donors (Lipinski definition) is 0. The van der Waals surface area contributed by atoms with Crippen LogP contribution in [0.4, 0.5) is 0 Å². The number of piperazine rings is 1. The van der Waals surface area contributed by atoms with Crippen molar-refractivity contribution in [2.24, 2.45) is 14.1 Å². The summed E-state index contributed by atoms with van der Waals surface area (Å²) >= 11 is 0. The van der Waals surface area contributed by atoms with Crippen LogP contribution in [0, 0.1) is 0 Å². The lowest BCUT2D eigenvalue weighted by molar-refractivity contribution is -0.136. The molecule has 1 atom stereocenters. The SMILES string of the molecule is CN1CCN(C(=O)Cn2cnc3c2c(=O)n(C)c(=O)n3C)C(c2ccccc2)C1. The van der Waals surface area contributed by atoms with Crippen LogP contribution in [0.15, 0.2) is 46.2 Å². The maximum Gasteiger partial charge on any atom is 0.332 e. The van der Waals surface area contributed by atoms with Crippen LogP contribution in [0.1, 0.15) is 11.6 Å². The Morgan fingerprint density at radius 3 is 2.52 bits per heavy atom. The first-order valence-electron chi connectivity index (χ1n) is 9.52. The van der Waals surface area contributed by atoms with E-state index in [9.17, 15) is 14.4 Å². The zero-order valence-electron chi connectivity index (χ0n) is 16.8. The molecule has 29 heavy (non-hydrogen) atoms. The molecule has 2 aromatic heterocycles. The molecule has 0 radical (unpaired) electrons. The summed E-state index contributed by atoms with van der Waals surface area (Å²) in [4.78, 5) is 46.2. The predicted octanol–water partition coefficient (Wildman–Crippen LogP) is -0.0510. The first-order chi connectivity index (χ1) is 13.9. The van der Waals surface area contributed by atoms with E-state index in [1.165, 1.54) is 17.9 Å². The van der Waals surface area contributed by atoms with Gasteiger partial charge in [-0.3, -0.25) is 18.7 Å². The van der Waals surface area contributed by atoms with Crippen LogP contribution in [0.25, 0.3) is 11.2 Å². The number of carbonyl (C=O) groups excluding carboxylic acids is 1. The number of imidazole rings is 1. The van der Waals surface area contributed by atoms with E-state index >= 15 is 0 Å². The topological polar surface area (TPSA) is 85.4 Å². The largest absolute Gasteiger partial charge is 0.332 e. The molecular formula is C20H24N6O3. The van der Waals surface area contributed by atoms with Gasteiger partial charge in [0.2, 0.25) is 5.91 Å². The molecule has 0 spiro atoms. The van der Waals surface area contributed by atoms with E-state index in [4.69, 9.17) is 0 Å². The standard InChI is InChI=1S/C20H24N6O3/c1-22-9-10-26(15(11-22)14-7-5-4-6-8-14)16(27)12-25-13-21-18-17(25)19(28)24(3)20(29)23(18)2/h4-8,13,15H,9-12H2,1-3H3. The molecule has 3 heterocycles. The van der Waals surface area contributed by atoms with Crippen molar-refractivity contribution in [3.63, 3.8) is 0 Å². The van der Waals surface area contributed by atoms with Gasteiger partial charge in [0.25, 0.3) is 5.56 Å². The fourth-order valence-electron chi connectivity index (χ4n) is 3.93. The number of rotatable bonds is 3. The first-order valence-corrected chi connectivity index (χ1v) is 9.52. The van der Waals surface area contributed by atoms with E-state index in [2.05, 4.69) is 9.88 Å². The van der Waals surface area contributed by atoms with Crippen LogP contribution in [-0.2, 0) is 25.4 Å². The number of carbonyl (C=O) groups is 1. The number of benzene rings is 1. The molecule has 1 unspecified atom stereocenters. The average Bonchev–Trinajstić information content (AvgIpc) is 3.14. The van der Waals surface area contributed by atoms with Crippen LogP contribution in [0.3, 0.4) is 0 Å². The predicted molar refractivity (Wildman–Crippen MR) is 109 cm³/mol. The summed E-state index contributed by atoms with van der Waals surface area (Å²) in [7, 11) is 5.04. The van der Waals surface area contributed by atoms with Crippen LogP contribution in [-0.4, -0.2) is 61.1 Å². The highest BCUT2D eigenvalue weighted by Crippen LogP contribution is 2.25. The summed E-state index contributed by atoms with van der Waals surface area (Å²) in [6, 6.07) is 9.91. The Labute approximate surface area is 167 Å². The third kappa shape index (κ3) is 3.27. The number of aromatic nitrogens is 4. The lowest BCUT2D eigenvalue weighted by Crippen LogP contribution is -2.50. The van der Waals surface area contributed by atoms with E-state index in [-0.39, 0.29) is 29.7 Å². The molecule has 9 heteroatoms. The highest BCUT2D eigenvalue weighted by Gasteiger charge is 2.30. The molecular weight excluding hydrogens is 372 g/mol. The molecule has 0 saturated carbocycles. The van der Waals surface area contributed by atoms with E-state index in [0.29, 0.717) is 6.54 Å². The average molecular weight is 396 g/mol. The Kier molecular flexibility index (Phi) is 4.83. The molecule has 0 N–H and O–H groups in total. The van der Waals surface area contributed by atoms with Gasteiger partial charge in [-0.2, -0.15) is 0 Å². The zero-order chi connectivity index (χ0) is 20.7. The number of hydrogen-bond acceptors (Lipinski definition) is 5. The van der Waals surface area contributed by atoms with Crippen molar-refractivity contribution in [3.05, 3.63) is 63.1 Å². The van der Waals surface area contributed by atoms with Crippen LogP contribution in [0.2, 0.25) is 0 Å². The van der Waals surface area contributed by atoms with E-state index < -0.39 is 11.2 Å². The molecule has 3 aromatic rings. The Hall–Kier alpha value is -3.20. The second kappa shape index (κ2) is 7.32. The van der Waals surface area contributed by atoms with Crippen LogP contribution in [0.5, 0.6) is 0 Å². The van der Waals surface area contributed by atoms with Gasteiger partial charge >= 0.3 is 5.69 Å². The minimum Gasteiger partial charge on any atom is -0.332 e. The molecule has 0 aliphatic carbocycles. The number of aryl methyl sites for hydroxylation is 1.